The molecular weight excluding hydrogens is 223 g/mol. The van der Waals surface area contributed by atoms with Crippen molar-refractivity contribution >= 4 is 6.09 Å². The lowest BCUT2D eigenvalue weighted by Gasteiger charge is -2.33. The number of hydrogen-bond donors (Lipinski definition) is 2. The number of piperidine rings is 1. The molecule has 0 spiro atoms. The highest BCUT2D eigenvalue weighted by molar-refractivity contribution is 5.68. The van der Waals surface area contributed by atoms with Crippen molar-refractivity contribution in [1.29, 1.82) is 0 Å². The summed E-state index contributed by atoms with van der Waals surface area (Å²) in [5, 5.41) is 5.87. The van der Waals surface area contributed by atoms with Crippen molar-refractivity contribution in [1.82, 2.24) is 10.6 Å². The van der Waals surface area contributed by atoms with Crippen molar-refractivity contribution in [2.24, 2.45) is 0 Å². The van der Waals surface area contributed by atoms with Gasteiger partial charge in [0.15, 0.2) is 0 Å². The van der Waals surface area contributed by atoms with Crippen molar-refractivity contribution in [3.05, 3.63) is 0 Å². The summed E-state index contributed by atoms with van der Waals surface area (Å²) in [5.74, 6) is 0. The maximum atomic E-state index is 14.0. The monoisotopic (exact) mass is 244 g/mol. The Hall–Kier alpha value is -0.840. The van der Waals surface area contributed by atoms with Crippen LogP contribution in [0.5, 0.6) is 0 Å². The van der Waals surface area contributed by atoms with Gasteiger partial charge in [-0.2, -0.15) is 0 Å². The molecule has 2 heterocycles. The van der Waals surface area contributed by atoms with Crippen LogP contribution in [0.3, 0.4) is 0 Å². The molecule has 0 aromatic heterocycles. The van der Waals surface area contributed by atoms with Crippen LogP contribution in [0, 0.1) is 0 Å². The van der Waals surface area contributed by atoms with Gasteiger partial charge in [-0.05, 0) is 40.0 Å². The summed E-state index contributed by atoms with van der Waals surface area (Å²) in [4.78, 5) is 11.6. The summed E-state index contributed by atoms with van der Waals surface area (Å²) in [6.45, 7) is 5.39. The van der Waals surface area contributed by atoms with Gasteiger partial charge in [-0.3, -0.25) is 0 Å². The Morgan fingerprint density at radius 1 is 1.41 bits per heavy atom. The smallest absolute Gasteiger partial charge is 0.407 e. The number of halogens is 1. The van der Waals surface area contributed by atoms with Gasteiger partial charge in [0.25, 0.3) is 0 Å². The number of rotatable bonds is 1. The van der Waals surface area contributed by atoms with Gasteiger partial charge in [-0.15, -0.1) is 0 Å². The van der Waals surface area contributed by atoms with Crippen molar-refractivity contribution in [2.75, 3.05) is 0 Å². The highest BCUT2D eigenvalue weighted by Crippen LogP contribution is 2.29. The molecule has 2 saturated heterocycles. The Morgan fingerprint density at radius 3 is 2.76 bits per heavy atom. The molecular formula is C12H21FN2O2. The van der Waals surface area contributed by atoms with E-state index < -0.39 is 23.9 Å². The fourth-order valence-electron chi connectivity index (χ4n) is 2.60. The first-order chi connectivity index (χ1) is 7.85. The molecule has 98 valence electrons. The quantitative estimate of drug-likeness (QED) is 0.738. The number of ether oxygens (including phenoxy) is 1. The van der Waals surface area contributed by atoms with E-state index in [1.807, 2.05) is 0 Å². The van der Waals surface area contributed by atoms with E-state index >= 15 is 0 Å². The second kappa shape index (κ2) is 4.44. The van der Waals surface area contributed by atoms with E-state index in [1.165, 1.54) is 0 Å². The molecule has 0 saturated carbocycles. The minimum absolute atomic E-state index is 0.103. The topological polar surface area (TPSA) is 50.4 Å². The summed E-state index contributed by atoms with van der Waals surface area (Å²) in [7, 11) is 0. The molecule has 4 atom stereocenters. The van der Waals surface area contributed by atoms with Gasteiger partial charge in [0, 0.05) is 12.1 Å². The Kier molecular flexibility index (Phi) is 3.30. The lowest BCUT2D eigenvalue weighted by molar-refractivity contribution is 0.0436. The van der Waals surface area contributed by atoms with Gasteiger partial charge in [0.1, 0.15) is 11.8 Å². The number of alkyl carbamates (subject to hydrolysis) is 1. The third-order valence-electron chi connectivity index (χ3n) is 3.29. The number of carbonyl (C=O) groups is 1. The van der Waals surface area contributed by atoms with Crippen molar-refractivity contribution < 1.29 is 13.9 Å². The summed E-state index contributed by atoms with van der Waals surface area (Å²) < 4.78 is 19.1. The molecule has 2 rings (SSSR count). The van der Waals surface area contributed by atoms with Crippen molar-refractivity contribution in [3.63, 3.8) is 0 Å². The molecule has 2 aliphatic heterocycles. The first-order valence-corrected chi connectivity index (χ1v) is 6.25. The van der Waals surface area contributed by atoms with Gasteiger partial charge in [0.05, 0.1) is 6.04 Å². The molecule has 4 nitrogen and oxygen atoms in total. The fraction of sp³-hybridized carbons (Fsp3) is 0.917. The van der Waals surface area contributed by atoms with Crippen LogP contribution in [0.15, 0.2) is 0 Å². The van der Waals surface area contributed by atoms with Gasteiger partial charge in [-0.1, -0.05) is 0 Å². The third-order valence-corrected chi connectivity index (χ3v) is 3.29. The highest BCUT2D eigenvalue weighted by Gasteiger charge is 2.42. The molecule has 0 aromatic rings. The summed E-state index contributed by atoms with van der Waals surface area (Å²) >= 11 is 0. The molecule has 1 amide bonds. The second-order valence-electron chi connectivity index (χ2n) is 5.98. The van der Waals surface area contributed by atoms with Gasteiger partial charge >= 0.3 is 6.09 Å². The second-order valence-corrected chi connectivity index (χ2v) is 5.98. The van der Waals surface area contributed by atoms with Crippen LogP contribution in [-0.2, 0) is 4.74 Å². The third kappa shape index (κ3) is 3.09. The van der Waals surface area contributed by atoms with Crippen LogP contribution in [-0.4, -0.2) is 36.0 Å². The molecule has 2 fully saturated rings. The van der Waals surface area contributed by atoms with Crippen LogP contribution < -0.4 is 10.6 Å². The van der Waals surface area contributed by atoms with Gasteiger partial charge in [-0.25, -0.2) is 9.18 Å². The SMILES string of the molecule is CC(C)(C)OC(=O)N[C@H]1C[C@H]2CC[C@H](N2)[C@@H]1F. The number of hydrogen-bond acceptors (Lipinski definition) is 3. The normalized spacial score (nSPS) is 36.7. The van der Waals surface area contributed by atoms with Crippen molar-refractivity contribution in [3.8, 4) is 0 Å². The highest BCUT2D eigenvalue weighted by atomic mass is 19.1. The molecule has 2 aliphatic rings. The molecule has 0 aromatic carbocycles. The predicted octanol–water partition coefficient (Wildman–Crippen LogP) is 1.74. The lowest BCUT2D eigenvalue weighted by Crippen LogP contribution is -2.56. The number of fused-ring (bicyclic) bond motifs is 2. The molecule has 0 radical (unpaired) electrons. The fourth-order valence-corrected chi connectivity index (χ4v) is 2.60. The summed E-state index contributed by atoms with van der Waals surface area (Å²) in [6.07, 6.45) is 0.972. The molecule has 5 heteroatoms. The molecule has 0 unspecified atom stereocenters. The summed E-state index contributed by atoms with van der Waals surface area (Å²) in [6, 6.07) is -0.177. The number of amides is 1. The summed E-state index contributed by atoms with van der Waals surface area (Å²) in [5.41, 5.74) is -0.540. The maximum Gasteiger partial charge on any atom is 0.407 e. The van der Waals surface area contributed by atoms with E-state index in [9.17, 15) is 9.18 Å². The number of carbonyl (C=O) groups excluding carboxylic acids is 1. The molecule has 2 N–H and O–H groups in total. The van der Waals surface area contributed by atoms with Crippen LogP contribution in [0.4, 0.5) is 9.18 Å². The van der Waals surface area contributed by atoms with E-state index in [2.05, 4.69) is 10.6 Å². The number of alkyl halides is 1. The molecule has 17 heavy (non-hydrogen) atoms. The van der Waals surface area contributed by atoms with Crippen LogP contribution in [0.1, 0.15) is 40.0 Å². The Morgan fingerprint density at radius 2 is 2.12 bits per heavy atom. The minimum Gasteiger partial charge on any atom is -0.444 e. The van der Waals surface area contributed by atoms with E-state index in [0.29, 0.717) is 12.5 Å². The predicted molar refractivity (Wildman–Crippen MR) is 62.6 cm³/mol. The number of nitrogens with one attached hydrogen (secondary N) is 2. The first kappa shape index (κ1) is 12.6. The van der Waals surface area contributed by atoms with Crippen molar-refractivity contribution in [2.45, 2.75) is 69.9 Å². The zero-order valence-corrected chi connectivity index (χ0v) is 10.6. The zero-order chi connectivity index (χ0) is 12.6. The van der Waals surface area contributed by atoms with E-state index in [4.69, 9.17) is 4.74 Å². The Labute approximate surface area is 101 Å². The first-order valence-electron chi connectivity index (χ1n) is 6.25. The Bertz CT molecular complexity index is 303. The lowest BCUT2D eigenvalue weighted by atomic mass is 9.98. The average Bonchev–Trinajstić information content (AvgIpc) is 2.55. The van der Waals surface area contributed by atoms with Gasteiger partial charge < -0.3 is 15.4 Å². The molecule has 0 aliphatic carbocycles. The maximum absolute atomic E-state index is 14.0. The largest absolute Gasteiger partial charge is 0.444 e. The van der Waals surface area contributed by atoms with E-state index in [-0.39, 0.29) is 6.04 Å². The standard InChI is InChI=1S/C12H21FN2O2/c1-12(2,3)17-11(16)15-9-6-7-4-5-8(14-7)10(9)13/h7-10,14H,4-6H2,1-3H3,(H,15,16)/t7-,8+,9+,10+/m1/s1. The van der Waals surface area contributed by atoms with E-state index in [0.717, 1.165) is 12.8 Å². The Balaban J connectivity index is 1.88. The zero-order valence-electron chi connectivity index (χ0n) is 10.6. The van der Waals surface area contributed by atoms with Crippen LogP contribution in [0.2, 0.25) is 0 Å². The average molecular weight is 244 g/mol. The molecule has 2 bridgehead atoms. The van der Waals surface area contributed by atoms with Crippen LogP contribution >= 0.6 is 0 Å². The van der Waals surface area contributed by atoms with E-state index in [1.54, 1.807) is 20.8 Å². The van der Waals surface area contributed by atoms with Gasteiger partial charge in [0.2, 0.25) is 0 Å². The van der Waals surface area contributed by atoms with Crippen LogP contribution in [0.25, 0.3) is 0 Å². The minimum atomic E-state index is -1.01.